The maximum atomic E-state index is 12.6. The minimum Gasteiger partial charge on any atom is -0.493 e. The zero-order chi connectivity index (χ0) is 21.4. The molecule has 0 radical (unpaired) electrons. The fourth-order valence-corrected chi connectivity index (χ4v) is 2.85. The fraction of sp³-hybridized carbons (Fsp3) is 0.391. The summed E-state index contributed by atoms with van der Waals surface area (Å²) in [5, 5.41) is 2.87. The Hall–Kier alpha value is -3.02. The lowest BCUT2D eigenvalue weighted by Crippen LogP contribution is -2.30. The van der Waals surface area contributed by atoms with Gasteiger partial charge in [-0.25, -0.2) is 4.79 Å². The van der Waals surface area contributed by atoms with Gasteiger partial charge in [-0.2, -0.15) is 0 Å². The zero-order valence-corrected chi connectivity index (χ0v) is 17.7. The van der Waals surface area contributed by atoms with Crippen LogP contribution in [0.25, 0.3) is 0 Å². The molecule has 0 saturated carbocycles. The standard InChI is InChI=1S/C23H29NO5/c1-6-15(3)18-10-8-9-11-19(18)24-22(25)16(4)29-23(26)17-12-13-20(28-7-2)21(14-17)27-5/h8-16H,6-7H2,1-5H3,(H,24,25)/t15-,16+/m0/s1. The first kappa shape index (κ1) is 22.3. The number of anilines is 1. The van der Waals surface area contributed by atoms with Crippen molar-refractivity contribution in [2.45, 2.75) is 46.1 Å². The van der Waals surface area contributed by atoms with Crippen LogP contribution in [-0.2, 0) is 9.53 Å². The fourth-order valence-electron chi connectivity index (χ4n) is 2.85. The summed E-state index contributed by atoms with van der Waals surface area (Å²) < 4.78 is 16.1. The van der Waals surface area contributed by atoms with Crippen molar-refractivity contribution in [2.24, 2.45) is 0 Å². The summed E-state index contributed by atoms with van der Waals surface area (Å²) in [6.07, 6.45) is 0.00170. The van der Waals surface area contributed by atoms with Crippen molar-refractivity contribution in [1.82, 2.24) is 0 Å². The first-order valence-electron chi connectivity index (χ1n) is 9.82. The number of carbonyl (C=O) groups excluding carboxylic acids is 2. The Morgan fingerprint density at radius 3 is 2.41 bits per heavy atom. The normalized spacial score (nSPS) is 12.6. The molecule has 1 N–H and O–H groups in total. The highest BCUT2D eigenvalue weighted by Gasteiger charge is 2.21. The van der Waals surface area contributed by atoms with Crippen molar-refractivity contribution < 1.29 is 23.8 Å². The van der Waals surface area contributed by atoms with Crippen molar-refractivity contribution in [3.05, 3.63) is 53.6 Å². The van der Waals surface area contributed by atoms with Gasteiger partial charge in [-0.3, -0.25) is 4.79 Å². The van der Waals surface area contributed by atoms with E-state index < -0.39 is 12.1 Å². The minimum atomic E-state index is -0.954. The molecule has 0 bridgehead atoms. The number of methoxy groups -OCH3 is 1. The number of nitrogens with one attached hydrogen (secondary N) is 1. The van der Waals surface area contributed by atoms with Crippen molar-refractivity contribution in [3.63, 3.8) is 0 Å². The largest absolute Gasteiger partial charge is 0.493 e. The highest BCUT2D eigenvalue weighted by atomic mass is 16.5. The minimum absolute atomic E-state index is 0.282. The molecule has 0 aliphatic carbocycles. The molecule has 2 rings (SSSR count). The van der Waals surface area contributed by atoms with E-state index in [1.165, 1.54) is 13.2 Å². The number of hydrogen-bond acceptors (Lipinski definition) is 5. The molecule has 2 aromatic rings. The van der Waals surface area contributed by atoms with Crippen LogP contribution in [-0.4, -0.2) is 31.7 Å². The Bertz CT molecular complexity index is 849. The van der Waals surface area contributed by atoms with Crippen LogP contribution in [0.5, 0.6) is 11.5 Å². The third kappa shape index (κ3) is 5.73. The molecule has 1 amide bonds. The van der Waals surface area contributed by atoms with Crippen LogP contribution in [0.3, 0.4) is 0 Å². The van der Waals surface area contributed by atoms with Crippen LogP contribution in [0, 0.1) is 0 Å². The van der Waals surface area contributed by atoms with Crippen LogP contribution in [0.2, 0.25) is 0 Å². The van der Waals surface area contributed by atoms with E-state index in [9.17, 15) is 9.59 Å². The second kappa shape index (κ2) is 10.5. The van der Waals surface area contributed by atoms with E-state index >= 15 is 0 Å². The molecular weight excluding hydrogens is 370 g/mol. The number of benzene rings is 2. The van der Waals surface area contributed by atoms with E-state index in [1.807, 2.05) is 31.2 Å². The number of para-hydroxylation sites is 1. The number of rotatable bonds is 9. The second-order valence-electron chi connectivity index (χ2n) is 6.73. The van der Waals surface area contributed by atoms with E-state index in [2.05, 4.69) is 19.2 Å². The first-order chi connectivity index (χ1) is 13.9. The van der Waals surface area contributed by atoms with Gasteiger partial charge in [-0.1, -0.05) is 32.0 Å². The smallest absolute Gasteiger partial charge is 0.339 e. The SMILES string of the molecule is CCOc1ccc(C(=O)O[C@H](C)C(=O)Nc2ccccc2[C@@H](C)CC)cc1OC. The average Bonchev–Trinajstić information content (AvgIpc) is 2.73. The van der Waals surface area contributed by atoms with Gasteiger partial charge >= 0.3 is 5.97 Å². The number of hydrogen-bond donors (Lipinski definition) is 1. The molecule has 0 aromatic heterocycles. The van der Waals surface area contributed by atoms with Crippen LogP contribution in [0.4, 0.5) is 5.69 Å². The van der Waals surface area contributed by atoms with Gasteiger partial charge in [0, 0.05) is 5.69 Å². The quantitative estimate of drug-likeness (QED) is 0.614. The predicted molar refractivity (Wildman–Crippen MR) is 113 cm³/mol. The molecule has 0 unspecified atom stereocenters. The summed E-state index contributed by atoms with van der Waals surface area (Å²) in [6.45, 7) is 8.09. The van der Waals surface area contributed by atoms with Gasteiger partial charge in [0.2, 0.25) is 0 Å². The highest BCUT2D eigenvalue weighted by Crippen LogP contribution is 2.29. The van der Waals surface area contributed by atoms with Crippen LogP contribution in [0.1, 0.15) is 56.0 Å². The van der Waals surface area contributed by atoms with E-state index in [0.29, 0.717) is 24.0 Å². The van der Waals surface area contributed by atoms with Gasteiger partial charge in [-0.15, -0.1) is 0 Å². The lowest BCUT2D eigenvalue weighted by atomic mass is 9.97. The first-order valence-corrected chi connectivity index (χ1v) is 9.82. The predicted octanol–water partition coefficient (Wildman–Crippen LogP) is 4.79. The average molecular weight is 399 g/mol. The number of ether oxygens (including phenoxy) is 3. The molecule has 0 fully saturated rings. The van der Waals surface area contributed by atoms with Crippen molar-refractivity contribution in [1.29, 1.82) is 0 Å². The highest BCUT2D eigenvalue weighted by molar-refractivity contribution is 5.98. The van der Waals surface area contributed by atoms with Gasteiger partial charge < -0.3 is 19.5 Å². The van der Waals surface area contributed by atoms with Crippen molar-refractivity contribution in [2.75, 3.05) is 19.0 Å². The zero-order valence-electron chi connectivity index (χ0n) is 17.7. The Labute approximate surface area is 172 Å². The van der Waals surface area contributed by atoms with Gasteiger partial charge in [0.05, 0.1) is 19.3 Å². The summed E-state index contributed by atoms with van der Waals surface area (Å²) in [5.41, 5.74) is 2.07. The molecule has 0 aliphatic heterocycles. The molecule has 0 spiro atoms. The molecule has 29 heavy (non-hydrogen) atoms. The summed E-state index contributed by atoms with van der Waals surface area (Å²) >= 11 is 0. The molecule has 2 aromatic carbocycles. The molecular formula is C23H29NO5. The molecule has 0 saturated heterocycles. The Balaban J connectivity index is 2.07. The van der Waals surface area contributed by atoms with E-state index in [1.54, 1.807) is 19.1 Å². The molecule has 0 aliphatic rings. The topological polar surface area (TPSA) is 73.9 Å². The van der Waals surface area contributed by atoms with Crippen LogP contribution >= 0.6 is 0 Å². The maximum Gasteiger partial charge on any atom is 0.339 e. The van der Waals surface area contributed by atoms with E-state index in [-0.39, 0.29) is 11.5 Å². The van der Waals surface area contributed by atoms with Gasteiger partial charge in [-0.05, 0) is 56.0 Å². The summed E-state index contributed by atoms with van der Waals surface area (Å²) in [5.74, 6) is 0.289. The monoisotopic (exact) mass is 399 g/mol. The molecule has 6 heteroatoms. The van der Waals surface area contributed by atoms with Crippen LogP contribution in [0.15, 0.2) is 42.5 Å². The lowest BCUT2D eigenvalue weighted by molar-refractivity contribution is -0.123. The molecule has 2 atom stereocenters. The van der Waals surface area contributed by atoms with Crippen molar-refractivity contribution in [3.8, 4) is 11.5 Å². The van der Waals surface area contributed by atoms with Crippen LogP contribution < -0.4 is 14.8 Å². The third-order valence-electron chi connectivity index (χ3n) is 4.71. The third-order valence-corrected chi connectivity index (χ3v) is 4.71. The summed E-state index contributed by atoms with van der Waals surface area (Å²) in [7, 11) is 1.50. The summed E-state index contributed by atoms with van der Waals surface area (Å²) in [4.78, 5) is 25.0. The molecule has 0 heterocycles. The summed E-state index contributed by atoms with van der Waals surface area (Å²) in [6, 6.07) is 12.4. The number of esters is 1. The van der Waals surface area contributed by atoms with E-state index in [4.69, 9.17) is 14.2 Å². The number of amides is 1. The lowest BCUT2D eigenvalue weighted by Gasteiger charge is -2.18. The molecule has 6 nitrogen and oxygen atoms in total. The van der Waals surface area contributed by atoms with E-state index in [0.717, 1.165) is 17.7 Å². The Kier molecular flexibility index (Phi) is 8.07. The second-order valence-corrected chi connectivity index (χ2v) is 6.73. The van der Waals surface area contributed by atoms with Gasteiger partial charge in [0.15, 0.2) is 17.6 Å². The van der Waals surface area contributed by atoms with Gasteiger partial charge in [0.1, 0.15) is 0 Å². The van der Waals surface area contributed by atoms with Crippen molar-refractivity contribution >= 4 is 17.6 Å². The number of carbonyl (C=O) groups is 2. The van der Waals surface area contributed by atoms with Gasteiger partial charge in [0.25, 0.3) is 5.91 Å². The Morgan fingerprint density at radius 1 is 1.03 bits per heavy atom. The Morgan fingerprint density at radius 2 is 1.76 bits per heavy atom. The molecule has 156 valence electrons. The maximum absolute atomic E-state index is 12.6.